The minimum Gasteiger partial charge on any atom is -0.298 e. The van der Waals surface area contributed by atoms with Crippen molar-refractivity contribution in [1.82, 2.24) is 0 Å². The average molecular weight is 205 g/mol. The van der Waals surface area contributed by atoms with Gasteiger partial charge in [0.15, 0.2) is 0 Å². The molecule has 0 radical (unpaired) electrons. The lowest BCUT2D eigenvalue weighted by atomic mass is 9.96. The highest BCUT2D eigenvalue weighted by Gasteiger charge is 2.11. The molecule has 0 saturated carbocycles. The predicted octanol–water partition coefficient (Wildman–Crippen LogP) is 3.36. The Labute approximate surface area is 87.7 Å². The first-order chi connectivity index (χ1) is 6.81. The number of carbonyl (C=O) groups excluding carboxylic acids is 1. The van der Waals surface area contributed by atoms with Crippen molar-refractivity contribution in [2.75, 3.05) is 0 Å². The molecule has 0 bridgehead atoms. The van der Waals surface area contributed by atoms with Gasteiger partial charge in [0, 0.05) is 16.5 Å². The van der Waals surface area contributed by atoms with E-state index in [4.69, 9.17) is 11.6 Å². The SMILES string of the molecule is O=Cc1cc(Cl)ccc1C1C=CC=C1. The molecule has 0 atom stereocenters. The van der Waals surface area contributed by atoms with E-state index in [1.165, 1.54) is 0 Å². The number of carbonyl (C=O) groups is 1. The van der Waals surface area contributed by atoms with Crippen LogP contribution in [0.15, 0.2) is 42.5 Å². The zero-order valence-electron chi connectivity index (χ0n) is 7.48. The molecule has 0 unspecified atom stereocenters. The smallest absolute Gasteiger partial charge is 0.150 e. The molecule has 0 fully saturated rings. The minimum absolute atomic E-state index is 0.215. The third-order valence-corrected chi connectivity index (χ3v) is 2.52. The van der Waals surface area contributed by atoms with Crippen LogP contribution in [-0.4, -0.2) is 6.29 Å². The summed E-state index contributed by atoms with van der Waals surface area (Å²) in [5, 5.41) is 0.599. The third kappa shape index (κ3) is 1.64. The van der Waals surface area contributed by atoms with E-state index >= 15 is 0 Å². The van der Waals surface area contributed by atoms with Gasteiger partial charge in [0.05, 0.1) is 0 Å². The molecule has 1 aliphatic rings. The van der Waals surface area contributed by atoms with Gasteiger partial charge in [-0.15, -0.1) is 0 Å². The van der Waals surface area contributed by atoms with Crippen LogP contribution in [0.3, 0.4) is 0 Å². The molecular formula is C12H9ClO. The summed E-state index contributed by atoms with van der Waals surface area (Å²) in [6.07, 6.45) is 8.91. The molecule has 0 aromatic heterocycles. The lowest BCUT2D eigenvalue weighted by Crippen LogP contribution is -1.95. The molecule has 0 saturated heterocycles. The monoisotopic (exact) mass is 204 g/mol. The first-order valence-corrected chi connectivity index (χ1v) is 4.78. The van der Waals surface area contributed by atoms with Crippen molar-refractivity contribution in [2.45, 2.75) is 5.92 Å². The van der Waals surface area contributed by atoms with Crippen molar-refractivity contribution >= 4 is 17.9 Å². The van der Waals surface area contributed by atoms with Crippen LogP contribution < -0.4 is 0 Å². The van der Waals surface area contributed by atoms with Crippen LogP contribution in [0.2, 0.25) is 5.02 Å². The zero-order chi connectivity index (χ0) is 9.97. The maximum Gasteiger partial charge on any atom is 0.150 e. The van der Waals surface area contributed by atoms with E-state index in [0.717, 1.165) is 11.8 Å². The Morgan fingerprint density at radius 1 is 1.21 bits per heavy atom. The topological polar surface area (TPSA) is 17.1 Å². The largest absolute Gasteiger partial charge is 0.298 e. The summed E-state index contributed by atoms with van der Waals surface area (Å²) in [5.74, 6) is 0.215. The summed E-state index contributed by atoms with van der Waals surface area (Å²) >= 11 is 5.81. The second-order valence-electron chi connectivity index (χ2n) is 3.19. The van der Waals surface area contributed by atoms with Crippen LogP contribution in [-0.2, 0) is 0 Å². The van der Waals surface area contributed by atoms with Gasteiger partial charge in [0.2, 0.25) is 0 Å². The first-order valence-electron chi connectivity index (χ1n) is 4.41. The Bertz CT molecular complexity index is 406. The summed E-state index contributed by atoms with van der Waals surface area (Å²) in [4.78, 5) is 10.8. The third-order valence-electron chi connectivity index (χ3n) is 2.28. The normalized spacial score (nSPS) is 14.9. The quantitative estimate of drug-likeness (QED) is 0.676. The fourth-order valence-electron chi connectivity index (χ4n) is 1.59. The Hall–Kier alpha value is -1.34. The first kappa shape index (κ1) is 9.22. The van der Waals surface area contributed by atoms with E-state index in [0.29, 0.717) is 10.6 Å². The van der Waals surface area contributed by atoms with Crippen LogP contribution in [0.4, 0.5) is 0 Å². The minimum atomic E-state index is 0.215. The number of benzene rings is 1. The molecule has 1 nitrogen and oxygen atoms in total. The molecule has 0 heterocycles. The number of allylic oxidation sites excluding steroid dienone is 4. The van der Waals surface area contributed by atoms with Gasteiger partial charge in [0.1, 0.15) is 6.29 Å². The van der Waals surface area contributed by atoms with Gasteiger partial charge < -0.3 is 0 Å². The van der Waals surface area contributed by atoms with Crippen molar-refractivity contribution in [3.8, 4) is 0 Å². The number of rotatable bonds is 2. The molecule has 1 aromatic carbocycles. The molecular weight excluding hydrogens is 196 g/mol. The van der Waals surface area contributed by atoms with Crippen LogP contribution in [0, 0.1) is 0 Å². The van der Waals surface area contributed by atoms with Gasteiger partial charge in [0.25, 0.3) is 0 Å². The van der Waals surface area contributed by atoms with Crippen molar-refractivity contribution in [3.63, 3.8) is 0 Å². The predicted molar refractivity (Wildman–Crippen MR) is 57.9 cm³/mol. The number of aldehydes is 1. The highest BCUT2D eigenvalue weighted by molar-refractivity contribution is 6.30. The van der Waals surface area contributed by atoms with Crippen LogP contribution in [0.1, 0.15) is 21.8 Å². The second-order valence-corrected chi connectivity index (χ2v) is 3.62. The lowest BCUT2D eigenvalue weighted by molar-refractivity contribution is 0.112. The average Bonchev–Trinajstić information content (AvgIpc) is 2.70. The lowest BCUT2D eigenvalue weighted by Gasteiger charge is -2.08. The maximum atomic E-state index is 10.8. The molecule has 0 N–H and O–H groups in total. The van der Waals surface area contributed by atoms with Crippen molar-refractivity contribution < 1.29 is 4.79 Å². The van der Waals surface area contributed by atoms with Crippen LogP contribution in [0.25, 0.3) is 0 Å². The van der Waals surface area contributed by atoms with Gasteiger partial charge in [-0.3, -0.25) is 4.79 Å². The van der Waals surface area contributed by atoms with Gasteiger partial charge in [-0.2, -0.15) is 0 Å². The van der Waals surface area contributed by atoms with Crippen molar-refractivity contribution in [2.24, 2.45) is 0 Å². The van der Waals surface area contributed by atoms with Crippen molar-refractivity contribution in [1.29, 1.82) is 0 Å². The molecule has 1 aliphatic carbocycles. The van der Waals surface area contributed by atoms with Gasteiger partial charge in [-0.1, -0.05) is 42.0 Å². The maximum absolute atomic E-state index is 10.8. The fourth-order valence-corrected chi connectivity index (χ4v) is 1.77. The van der Waals surface area contributed by atoms with E-state index in [9.17, 15) is 4.79 Å². The molecule has 14 heavy (non-hydrogen) atoms. The van der Waals surface area contributed by atoms with E-state index < -0.39 is 0 Å². The Kier molecular flexibility index (Phi) is 2.51. The highest BCUT2D eigenvalue weighted by atomic mass is 35.5. The van der Waals surface area contributed by atoms with Gasteiger partial charge >= 0.3 is 0 Å². The van der Waals surface area contributed by atoms with E-state index in [1.54, 1.807) is 6.07 Å². The second kappa shape index (κ2) is 3.81. The Morgan fingerprint density at radius 2 is 1.93 bits per heavy atom. The highest BCUT2D eigenvalue weighted by Crippen LogP contribution is 2.27. The van der Waals surface area contributed by atoms with Gasteiger partial charge in [-0.05, 0) is 17.7 Å². The van der Waals surface area contributed by atoms with E-state index in [-0.39, 0.29) is 5.92 Å². The Balaban J connectivity index is 2.46. The van der Waals surface area contributed by atoms with Gasteiger partial charge in [-0.25, -0.2) is 0 Å². The zero-order valence-corrected chi connectivity index (χ0v) is 8.24. The van der Waals surface area contributed by atoms with Crippen molar-refractivity contribution in [3.05, 3.63) is 58.7 Å². The van der Waals surface area contributed by atoms with E-state index in [2.05, 4.69) is 12.2 Å². The molecule has 1 aromatic rings. The molecule has 0 amide bonds. The molecule has 2 rings (SSSR count). The summed E-state index contributed by atoms with van der Waals surface area (Å²) in [7, 11) is 0. The number of hydrogen-bond donors (Lipinski definition) is 0. The molecule has 0 spiro atoms. The van der Waals surface area contributed by atoms with E-state index in [1.807, 2.05) is 24.3 Å². The van der Waals surface area contributed by atoms with Crippen LogP contribution in [0.5, 0.6) is 0 Å². The number of hydrogen-bond acceptors (Lipinski definition) is 1. The number of halogens is 1. The summed E-state index contributed by atoms with van der Waals surface area (Å²) in [5.41, 5.74) is 1.67. The molecule has 2 heteroatoms. The summed E-state index contributed by atoms with van der Waals surface area (Å²) in [6, 6.07) is 5.41. The summed E-state index contributed by atoms with van der Waals surface area (Å²) in [6.45, 7) is 0. The van der Waals surface area contributed by atoms with Crippen LogP contribution >= 0.6 is 11.6 Å². The Morgan fingerprint density at radius 3 is 2.57 bits per heavy atom. The summed E-state index contributed by atoms with van der Waals surface area (Å²) < 4.78 is 0. The fraction of sp³-hybridized carbons (Fsp3) is 0.0833. The standard InChI is InChI=1S/C12H9ClO/c13-11-5-6-12(10(7-11)8-14)9-3-1-2-4-9/h1-9H. The molecule has 70 valence electrons. The molecule has 0 aliphatic heterocycles.